The van der Waals surface area contributed by atoms with E-state index < -0.39 is 17.5 Å². The quantitative estimate of drug-likeness (QED) is 0.763. The van der Waals surface area contributed by atoms with Gasteiger partial charge in [0.15, 0.2) is 16.5 Å². The molecule has 0 saturated carbocycles. The highest BCUT2D eigenvalue weighted by atomic mass is 35.5. The van der Waals surface area contributed by atoms with Crippen molar-refractivity contribution in [3.63, 3.8) is 0 Å². The largest absolute Gasteiger partial charge is 0.464 e. The van der Waals surface area contributed by atoms with Crippen molar-refractivity contribution in [1.82, 2.24) is 20.4 Å². The lowest BCUT2D eigenvalue weighted by atomic mass is 10.4. The summed E-state index contributed by atoms with van der Waals surface area (Å²) in [6, 6.07) is 2.44. The number of aromatic nitrogens is 4. The Balaban J connectivity index is 0.000000240. The molecule has 0 atom stereocenters. The fourth-order valence-electron chi connectivity index (χ4n) is 1.15. The Morgan fingerprint density at radius 3 is 2.00 bits per heavy atom. The number of carbonyl (C=O) groups is 2. The molecule has 0 spiro atoms. The van der Waals surface area contributed by atoms with E-state index in [0.717, 1.165) is 6.07 Å². The van der Waals surface area contributed by atoms with Crippen molar-refractivity contribution in [3.8, 4) is 0 Å². The van der Waals surface area contributed by atoms with Gasteiger partial charge < -0.3 is 9.47 Å². The van der Waals surface area contributed by atoms with Gasteiger partial charge in [0.05, 0.1) is 19.2 Å². The van der Waals surface area contributed by atoms with E-state index in [1.54, 1.807) is 0 Å². The van der Waals surface area contributed by atoms with Crippen LogP contribution in [0.1, 0.15) is 21.0 Å². The van der Waals surface area contributed by atoms with E-state index in [1.165, 1.54) is 20.3 Å². The molecule has 1 N–H and O–H groups in total. The molecule has 0 aliphatic rings. The van der Waals surface area contributed by atoms with Crippen LogP contribution in [0.15, 0.2) is 16.9 Å². The number of aromatic amines is 1. The highest BCUT2D eigenvalue weighted by Gasteiger charge is 2.10. The van der Waals surface area contributed by atoms with Gasteiger partial charge in [-0.1, -0.05) is 34.8 Å². The van der Waals surface area contributed by atoms with Gasteiger partial charge in [0.25, 0.3) is 5.56 Å². The highest BCUT2D eigenvalue weighted by molar-refractivity contribution is 6.41. The number of ether oxygens (including phenoxy) is 2. The number of esters is 2. The zero-order valence-electron chi connectivity index (χ0n) is 12.2. The molecule has 0 bridgehead atoms. The van der Waals surface area contributed by atoms with Gasteiger partial charge in [0.1, 0.15) is 5.02 Å². The molecule has 0 saturated heterocycles. The first-order valence-corrected chi connectivity index (χ1v) is 7.04. The van der Waals surface area contributed by atoms with Crippen LogP contribution in [0.25, 0.3) is 0 Å². The third-order valence-corrected chi connectivity index (χ3v) is 3.20. The molecular weight excluding hydrogens is 387 g/mol. The Bertz CT molecular complexity index is 812. The third kappa shape index (κ3) is 5.44. The maximum Gasteiger partial charge on any atom is 0.358 e. The minimum absolute atomic E-state index is 0.0258. The first kappa shape index (κ1) is 19.8. The van der Waals surface area contributed by atoms with Crippen LogP contribution in [0.4, 0.5) is 0 Å². The molecule has 0 radical (unpaired) electrons. The van der Waals surface area contributed by atoms with Gasteiger partial charge in [-0.25, -0.2) is 14.7 Å². The molecule has 24 heavy (non-hydrogen) atoms. The molecule has 2 rings (SSSR count). The fourth-order valence-corrected chi connectivity index (χ4v) is 1.53. The lowest BCUT2D eigenvalue weighted by Gasteiger charge is -1.97. The number of hydrogen-bond acceptors (Lipinski definition) is 8. The standard InChI is InChI=1S/C6H4Cl2N2O2.C6H5ClN2O3/c1-12-6(11)4-2-3(7)5(8)10-9-4;1-12-6(11)4-2-3(7)5(10)9-8-4/h2H,1H3;2H,1H3,(H,9,10). The normalized spacial score (nSPS) is 9.54. The summed E-state index contributed by atoms with van der Waals surface area (Å²) in [5, 5.41) is 12.5. The van der Waals surface area contributed by atoms with Crippen molar-refractivity contribution in [3.05, 3.63) is 49.1 Å². The van der Waals surface area contributed by atoms with Gasteiger partial charge >= 0.3 is 11.9 Å². The molecule has 0 unspecified atom stereocenters. The Kier molecular flexibility index (Phi) is 7.56. The number of halogens is 3. The van der Waals surface area contributed by atoms with Crippen LogP contribution < -0.4 is 5.56 Å². The Hall–Kier alpha value is -2.23. The monoisotopic (exact) mass is 394 g/mol. The van der Waals surface area contributed by atoms with Gasteiger partial charge in [0.2, 0.25) is 0 Å². The summed E-state index contributed by atoms with van der Waals surface area (Å²) in [6.45, 7) is 0. The molecular formula is C12H9Cl3N4O5. The Morgan fingerprint density at radius 1 is 0.958 bits per heavy atom. The maximum atomic E-state index is 10.9. The minimum Gasteiger partial charge on any atom is -0.464 e. The van der Waals surface area contributed by atoms with E-state index in [-0.39, 0.29) is 26.6 Å². The summed E-state index contributed by atoms with van der Waals surface area (Å²) in [6.07, 6.45) is 0. The van der Waals surface area contributed by atoms with Gasteiger partial charge in [0, 0.05) is 0 Å². The van der Waals surface area contributed by atoms with Crippen LogP contribution in [0.3, 0.4) is 0 Å². The van der Waals surface area contributed by atoms with Gasteiger partial charge in [-0.05, 0) is 12.1 Å². The van der Waals surface area contributed by atoms with E-state index in [0.29, 0.717) is 0 Å². The fraction of sp³-hybridized carbons (Fsp3) is 0.167. The zero-order valence-corrected chi connectivity index (χ0v) is 14.4. The van der Waals surface area contributed by atoms with E-state index in [1.807, 2.05) is 5.10 Å². The average Bonchev–Trinajstić information content (AvgIpc) is 2.58. The summed E-state index contributed by atoms with van der Waals surface area (Å²) >= 11 is 16.5. The number of H-pyrrole nitrogens is 1. The molecule has 2 aromatic heterocycles. The molecule has 0 amide bonds. The third-order valence-electron chi connectivity index (χ3n) is 2.25. The smallest absolute Gasteiger partial charge is 0.358 e. The number of carbonyl (C=O) groups excluding carboxylic acids is 2. The molecule has 0 aliphatic heterocycles. The number of hydrogen-bond donors (Lipinski definition) is 1. The molecule has 12 heteroatoms. The van der Waals surface area contributed by atoms with Gasteiger partial charge in [-0.3, -0.25) is 4.79 Å². The summed E-state index contributed by atoms with van der Waals surface area (Å²) < 4.78 is 8.74. The number of nitrogens with one attached hydrogen (secondary N) is 1. The number of rotatable bonds is 2. The predicted molar refractivity (Wildman–Crippen MR) is 84.6 cm³/mol. The molecule has 2 heterocycles. The van der Waals surface area contributed by atoms with E-state index in [9.17, 15) is 14.4 Å². The lowest BCUT2D eigenvalue weighted by molar-refractivity contribution is 0.0584. The van der Waals surface area contributed by atoms with Gasteiger partial charge in [-0.15, -0.1) is 10.2 Å². The van der Waals surface area contributed by atoms with Crippen LogP contribution in [0.2, 0.25) is 15.2 Å². The van der Waals surface area contributed by atoms with Crippen molar-refractivity contribution < 1.29 is 19.1 Å². The second-order valence-corrected chi connectivity index (χ2v) is 4.95. The molecule has 128 valence electrons. The number of methoxy groups -OCH3 is 2. The van der Waals surface area contributed by atoms with E-state index in [2.05, 4.69) is 24.8 Å². The van der Waals surface area contributed by atoms with Crippen LogP contribution in [0, 0.1) is 0 Å². The molecule has 0 fully saturated rings. The summed E-state index contributed by atoms with van der Waals surface area (Å²) in [7, 11) is 2.45. The van der Waals surface area contributed by atoms with Crippen molar-refractivity contribution >= 4 is 46.7 Å². The summed E-state index contributed by atoms with van der Waals surface area (Å²) in [4.78, 5) is 32.3. The predicted octanol–water partition coefficient (Wildman–Crippen LogP) is 1.78. The lowest BCUT2D eigenvalue weighted by Crippen LogP contribution is -2.14. The van der Waals surface area contributed by atoms with Crippen LogP contribution in [-0.2, 0) is 9.47 Å². The van der Waals surface area contributed by atoms with Crippen LogP contribution in [-0.4, -0.2) is 46.6 Å². The summed E-state index contributed by atoms with van der Waals surface area (Å²) in [5.74, 6) is -1.24. The second kappa shape index (κ2) is 9.16. The van der Waals surface area contributed by atoms with Crippen molar-refractivity contribution in [2.45, 2.75) is 0 Å². The molecule has 9 nitrogen and oxygen atoms in total. The Labute approximate surface area is 149 Å². The van der Waals surface area contributed by atoms with Crippen LogP contribution in [0.5, 0.6) is 0 Å². The SMILES string of the molecule is COC(=O)c1cc(Cl)c(=O)[nH]n1.COC(=O)c1cc(Cl)c(Cl)nn1. The molecule has 0 aliphatic carbocycles. The molecule has 0 aromatic carbocycles. The minimum atomic E-state index is -0.645. The second-order valence-electron chi connectivity index (χ2n) is 3.78. The van der Waals surface area contributed by atoms with Crippen molar-refractivity contribution in [1.29, 1.82) is 0 Å². The van der Waals surface area contributed by atoms with Crippen molar-refractivity contribution in [2.75, 3.05) is 14.2 Å². The van der Waals surface area contributed by atoms with E-state index >= 15 is 0 Å². The van der Waals surface area contributed by atoms with Crippen molar-refractivity contribution in [2.24, 2.45) is 0 Å². The van der Waals surface area contributed by atoms with E-state index in [4.69, 9.17) is 34.8 Å². The maximum absolute atomic E-state index is 10.9. The average molecular weight is 396 g/mol. The summed E-state index contributed by atoms with van der Waals surface area (Å²) in [5.41, 5.74) is -0.529. The van der Waals surface area contributed by atoms with Crippen LogP contribution >= 0.6 is 34.8 Å². The van der Waals surface area contributed by atoms with Gasteiger partial charge in [-0.2, -0.15) is 5.10 Å². The zero-order chi connectivity index (χ0) is 18.3. The highest BCUT2D eigenvalue weighted by Crippen LogP contribution is 2.18. The topological polar surface area (TPSA) is 124 Å². The Morgan fingerprint density at radius 2 is 1.50 bits per heavy atom. The first-order valence-electron chi connectivity index (χ1n) is 5.90. The first-order chi connectivity index (χ1) is 11.3. The number of nitrogens with zero attached hydrogens (tertiary/aromatic N) is 3. The molecule has 2 aromatic rings.